The molecule has 7 nitrogen and oxygen atoms in total. The standard InChI is InChI=1S/C14H28O7/c1-3-8(16)11(17)7(2)4-5-9-12(18)14(20)13(19)10(6-15)21-9/h7-20H,3-6H2,1-2H3/t7-,8+,9+,10?,11-,12?,13-,14?/m0/s1. The van der Waals surface area contributed by atoms with Crippen LogP contribution in [0.25, 0.3) is 0 Å². The first kappa shape index (κ1) is 18.8. The first-order valence-electron chi connectivity index (χ1n) is 7.50. The molecule has 7 heteroatoms. The summed E-state index contributed by atoms with van der Waals surface area (Å²) in [6.45, 7) is 3.11. The number of hydrogen-bond acceptors (Lipinski definition) is 7. The summed E-state index contributed by atoms with van der Waals surface area (Å²) in [6.07, 6.45) is -6.00. The fourth-order valence-electron chi connectivity index (χ4n) is 2.64. The lowest BCUT2D eigenvalue weighted by molar-refractivity contribution is -0.231. The zero-order chi connectivity index (χ0) is 16.2. The zero-order valence-corrected chi connectivity index (χ0v) is 12.5. The van der Waals surface area contributed by atoms with E-state index in [1.807, 2.05) is 0 Å². The minimum absolute atomic E-state index is 0.202. The smallest absolute Gasteiger partial charge is 0.111 e. The highest BCUT2D eigenvalue weighted by atomic mass is 16.5. The van der Waals surface area contributed by atoms with Crippen molar-refractivity contribution in [2.24, 2.45) is 5.92 Å². The fraction of sp³-hybridized carbons (Fsp3) is 1.00. The maximum Gasteiger partial charge on any atom is 0.111 e. The molecule has 3 unspecified atom stereocenters. The number of ether oxygens (including phenoxy) is 1. The van der Waals surface area contributed by atoms with Gasteiger partial charge in [-0.2, -0.15) is 0 Å². The molecule has 0 radical (unpaired) electrons. The fourth-order valence-corrected chi connectivity index (χ4v) is 2.64. The maximum absolute atomic E-state index is 9.90. The first-order chi connectivity index (χ1) is 9.83. The second-order valence-electron chi connectivity index (χ2n) is 5.89. The molecule has 0 saturated carbocycles. The Bertz CT molecular complexity index is 299. The van der Waals surface area contributed by atoms with E-state index >= 15 is 0 Å². The molecule has 1 aliphatic rings. The van der Waals surface area contributed by atoms with E-state index in [1.165, 1.54) is 0 Å². The van der Waals surface area contributed by atoms with Gasteiger partial charge in [0.25, 0.3) is 0 Å². The number of aliphatic hydroxyl groups excluding tert-OH is 6. The molecule has 21 heavy (non-hydrogen) atoms. The van der Waals surface area contributed by atoms with Gasteiger partial charge < -0.3 is 35.4 Å². The van der Waals surface area contributed by atoms with Gasteiger partial charge in [-0.15, -0.1) is 0 Å². The van der Waals surface area contributed by atoms with Gasteiger partial charge in [0.2, 0.25) is 0 Å². The topological polar surface area (TPSA) is 131 Å². The summed E-state index contributed by atoms with van der Waals surface area (Å²) in [5, 5.41) is 57.9. The van der Waals surface area contributed by atoms with E-state index < -0.39 is 49.3 Å². The van der Waals surface area contributed by atoms with Crippen molar-refractivity contribution in [1.82, 2.24) is 0 Å². The molecule has 1 fully saturated rings. The summed E-state index contributed by atoms with van der Waals surface area (Å²) >= 11 is 0. The third-order valence-corrected chi connectivity index (χ3v) is 4.29. The lowest BCUT2D eigenvalue weighted by Crippen LogP contribution is -2.58. The minimum atomic E-state index is -1.37. The molecule has 1 aliphatic heterocycles. The van der Waals surface area contributed by atoms with Crippen LogP contribution >= 0.6 is 0 Å². The predicted octanol–water partition coefficient (Wildman–Crippen LogP) is -1.62. The van der Waals surface area contributed by atoms with E-state index in [0.717, 1.165) is 0 Å². The summed E-state index contributed by atoms with van der Waals surface area (Å²) in [4.78, 5) is 0. The Labute approximate surface area is 124 Å². The molecular formula is C14H28O7. The Morgan fingerprint density at radius 1 is 1.00 bits per heavy atom. The molecule has 0 aliphatic carbocycles. The van der Waals surface area contributed by atoms with Gasteiger partial charge >= 0.3 is 0 Å². The van der Waals surface area contributed by atoms with Crippen LogP contribution in [0.15, 0.2) is 0 Å². The van der Waals surface area contributed by atoms with Crippen molar-refractivity contribution in [3.8, 4) is 0 Å². The van der Waals surface area contributed by atoms with Crippen molar-refractivity contribution < 1.29 is 35.4 Å². The van der Waals surface area contributed by atoms with Crippen molar-refractivity contribution in [1.29, 1.82) is 0 Å². The average Bonchev–Trinajstić information content (AvgIpc) is 2.50. The van der Waals surface area contributed by atoms with Crippen LogP contribution in [0.3, 0.4) is 0 Å². The Kier molecular flexibility index (Phi) is 7.49. The summed E-state index contributed by atoms with van der Waals surface area (Å²) in [7, 11) is 0. The van der Waals surface area contributed by atoms with Crippen molar-refractivity contribution in [2.75, 3.05) is 6.61 Å². The Morgan fingerprint density at radius 2 is 1.57 bits per heavy atom. The number of rotatable bonds is 7. The van der Waals surface area contributed by atoms with Gasteiger partial charge in [-0.1, -0.05) is 13.8 Å². The van der Waals surface area contributed by atoms with Crippen LogP contribution in [0.1, 0.15) is 33.1 Å². The first-order valence-corrected chi connectivity index (χ1v) is 7.50. The SMILES string of the molecule is CC[C@@H](O)[C@@H](O)[C@@H](C)CC[C@H]1OC(CO)[C@H](O)C(O)C1O. The molecule has 0 aromatic rings. The average molecular weight is 308 g/mol. The molecule has 0 spiro atoms. The van der Waals surface area contributed by atoms with Crippen LogP contribution in [-0.4, -0.2) is 80.0 Å². The minimum Gasteiger partial charge on any atom is -0.394 e. The number of hydrogen-bond donors (Lipinski definition) is 6. The quantitative estimate of drug-likeness (QED) is 0.333. The van der Waals surface area contributed by atoms with E-state index in [9.17, 15) is 25.5 Å². The van der Waals surface area contributed by atoms with E-state index in [-0.39, 0.29) is 5.92 Å². The van der Waals surface area contributed by atoms with E-state index in [0.29, 0.717) is 19.3 Å². The van der Waals surface area contributed by atoms with Crippen LogP contribution < -0.4 is 0 Å². The largest absolute Gasteiger partial charge is 0.394 e. The normalized spacial score (nSPS) is 38.0. The van der Waals surface area contributed by atoms with E-state index in [4.69, 9.17) is 9.84 Å². The molecule has 0 aromatic carbocycles. The summed E-state index contributed by atoms with van der Waals surface area (Å²) in [6, 6.07) is 0. The summed E-state index contributed by atoms with van der Waals surface area (Å²) < 4.78 is 5.39. The third-order valence-electron chi connectivity index (χ3n) is 4.29. The molecule has 6 N–H and O–H groups in total. The second kappa shape index (κ2) is 8.38. The summed E-state index contributed by atoms with van der Waals surface area (Å²) in [5.41, 5.74) is 0. The monoisotopic (exact) mass is 308 g/mol. The van der Waals surface area contributed by atoms with Gasteiger partial charge in [0.15, 0.2) is 0 Å². The molecular weight excluding hydrogens is 280 g/mol. The molecule has 1 heterocycles. The van der Waals surface area contributed by atoms with Crippen molar-refractivity contribution in [3.05, 3.63) is 0 Å². The molecule has 0 bridgehead atoms. The van der Waals surface area contributed by atoms with Gasteiger partial charge in [0.05, 0.1) is 24.9 Å². The number of aliphatic hydroxyl groups is 6. The maximum atomic E-state index is 9.90. The van der Waals surface area contributed by atoms with Gasteiger partial charge in [-0.25, -0.2) is 0 Å². The Morgan fingerprint density at radius 3 is 2.10 bits per heavy atom. The summed E-state index contributed by atoms with van der Waals surface area (Å²) in [5.74, 6) is -0.202. The Hall–Kier alpha value is -0.280. The molecule has 0 amide bonds. The second-order valence-corrected chi connectivity index (χ2v) is 5.89. The van der Waals surface area contributed by atoms with Crippen LogP contribution in [-0.2, 0) is 4.74 Å². The van der Waals surface area contributed by atoms with Gasteiger partial charge in [-0.3, -0.25) is 0 Å². The van der Waals surface area contributed by atoms with Crippen LogP contribution in [0.5, 0.6) is 0 Å². The molecule has 8 atom stereocenters. The molecule has 126 valence electrons. The van der Waals surface area contributed by atoms with Gasteiger partial charge in [0, 0.05) is 0 Å². The highest BCUT2D eigenvalue weighted by Gasteiger charge is 2.43. The zero-order valence-electron chi connectivity index (χ0n) is 12.5. The van der Waals surface area contributed by atoms with Crippen LogP contribution in [0.2, 0.25) is 0 Å². The molecule has 0 aromatic heterocycles. The van der Waals surface area contributed by atoms with Crippen molar-refractivity contribution >= 4 is 0 Å². The van der Waals surface area contributed by atoms with Crippen molar-refractivity contribution in [2.45, 2.75) is 75.8 Å². The molecule has 1 saturated heterocycles. The van der Waals surface area contributed by atoms with Gasteiger partial charge in [0.1, 0.15) is 24.4 Å². The van der Waals surface area contributed by atoms with Gasteiger partial charge in [-0.05, 0) is 25.2 Å². The van der Waals surface area contributed by atoms with E-state index in [1.54, 1.807) is 13.8 Å². The van der Waals surface area contributed by atoms with Crippen molar-refractivity contribution in [3.63, 3.8) is 0 Å². The van der Waals surface area contributed by atoms with E-state index in [2.05, 4.69) is 0 Å². The predicted molar refractivity (Wildman–Crippen MR) is 74.5 cm³/mol. The molecule has 1 rings (SSSR count). The van der Waals surface area contributed by atoms with Crippen LogP contribution in [0, 0.1) is 5.92 Å². The van der Waals surface area contributed by atoms with Crippen LogP contribution in [0.4, 0.5) is 0 Å². The highest BCUT2D eigenvalue weighted by Crippen LogP contribution is 2.26. The highest BCUT2D eigenvalue weighted by molar-refractivity contribution is 4.92. The lowest BCUT2D eigenvalue weighted by Gasteiger charge is -2.40. The lowest BCUT2D eigenvalue weighted by atomic mass is 9.88. The third kappa shape index (κ3) is 4.59. The Balaban J connectivity index is 2.53.